The Bertz CT molecular complexity index is 587. The van der Waals surface area contributed by atoms with Crippen LogP contribution in [0.15, 0.2) is 18.2 Å². The van der Waals surface area contributed by atoms with Gasteiger partial charge in [-0.05, 0) is 51.8 Å². The van der Waals surface area contributed by atoms with Crippen molar-refractivity contribution in [3.8, 4) is 5.75 Å². The standard InChI is InChI=1S/C19H29NO5/c1-6-12-24-16-11-10-14(13-15(16)17(21)23-8-3)20-18(22)19(5,7-2)25-9-4/h10-11,13H,6-9,12H2,1-5H3,(H,20,22)/t19-/m1/s1. The van der Waals surface area contributed by atoms with Crippen molar-refractivity contribution in [2.75, 3.05) is 25.1 Å². The van der Waals surface area contributed by atoms with Crippen molar-refractivity contribution in [3.63, 3.8) is 0 Å². The van der Waals surface area contributed by atoms with E-state index < -0.39 is 11.6 Å². The number of carbonyl (C=O) groups is 2. The normalized spacial score (nSPS) is 13.0. The maximum Gasteiger partial charge on any atom is 0.341 e. The number of amides is 1. The average molecular weight is 351 g/mol. The molecule has 0 aromatic heterocycles. The summed E-state index contributed by atoms with van der Waals surface area (Å²) in [6.07, 6.45) is 1.36. The lowest BCUT2D eigenvalue weighted by Crippen LogP contribution is -2.42. The molecule has 25 heavy (non-hydrogen) atoms. The second kappa shape index (κ2) is 10.0. The first-order chi connectivity index (χ1) is 11.9. The Morgan fingerprint density at radius 3 is 2.40 bits per heavy atom. The van der Waals surface area contributed by atoms with Crippen LogP contribution in [0, 0.1) is 0 Å². The van der Waals surface area contributed by atoms with Crippen molar-refractivity contribution < 1.29 is 23.8 Å². The lowest BCUT2D eigenvalue weighted by molar-refractivity contribution is -0.139. The summed E-state index contributed by atoms with van der Waals surface area (Å²) in [5, 5.41) is 2.81. The molecule has 0 radical (unpaired) electrons. The van der Waals surface area contributed by atoms with E-state index in [1.807, 2.05) is 20.8 Å². The Kier molecular flexibility index (Phi) is 8.41. The van der Waals surface area contributed by atoms with Crippen LogP contribution in [0.4, 0.5) is 5.69 Å². The maximum absolute atomic E-state index is 12.5. The number of ether oxygens (including phenoxy) is 3. The number of hydrogen-bond acceptors (Lipinski definition) is 5. The predicted molar refractivity (Wildman–Crippen MR) is 97.1 cm³/mol. The molecule has 0 fully saturated rings. The summed E-state index contributed by atoms with van der Waals surface area (Å²) in [7, 11) is 0. The van der Waals surface area contributed by atoms with Crippen LogP contribution in [-0.2, 0) is 14.3 Å². The minimum Gasteiger partial charge on any atom is -0.493 e. The molecule has 1 aromatic carbocycles. The van der Waals surface area contributed by atoms with Crippen molar-refractivity contribution in [2.24, 2.45) is 0 Å². The summed E-state index contributed by atoms with van der Waals surface area (Å²) in [6, 6.07) is 4.94. The van der Waals surface area contributed by atoms with Crippen molar-refractivity contribution in [2.45, 2.75) is 53.1 Å². The molecule has 0 aliphatic carbocycles. The molecule has 1 atom stereocenters. The Morgan fingerprint density at radius 2 is 1.84 bits per heavy atom. The molecule has 0 saturated heterocycles. The van der Waals surface area contributed by atoms with E-state index in [1.165, 1.54) is 0 Å². The third-order valence-corrected chi connectivity index (χ3v) is 3.81. The average Bonchev–Trinajstić information content (AvgIpc) is 2.60. The number of hydrogen-bond donors (Lipinski definition) is 1. The number of anilines is 1. The predicted octanol–water partition coefficient (Wildman–Crippen LogP) is 3.80. The zero-order valence-electron chi connectivity index (χ0n) is 15.8. The molecule has 0 heterocycles. The van der Waals surface area contributed by atoms with Crippen LogP contribution in [0.3, 0.4) is 0 Å². The molecule has 1 N–H and O–H groups in total. The largest absolute Gasteiger partial charge is 0.493 e. The quantitative estimate of drug-likeness (QED) is 0.649. The van der Waals surface area contributed by atoms with Gasteiger partial charge >= 0.3 is 5.97 Å². The highest BCUT2D eigenvalue weighted by Gasteiger charge is 2.32. The SMILES string of the molecule is CCCOc1ccc(NC(=O)[C@@](C)(CC)OCC)cc1C(=O)OCC. The van der Waals surface area contributed by atoms with Gasteiger partial charge in [-0.1, -0.05) is 13.8 Å². The van der Waals surface area contributed by atoms with Crippen LogP contribution in [0.5, 0.6) is 5.75 Å². The van der Waals surface area contributed by atoms with Crippen molar-refractivity contribution in [3.05, 3.63) is 23.8 Å². The summed E-state index contributed by atoms with van der Waals surface area (Å²) in [5.41, 5.74) is -0.130. The van der Waals surface area contributed by atoms with E-state index in [9.17, 15) is 9.59 Å². The van der Waals surface area contributed by atoms with Crippen LogP contribution < -0.4 is 10.1 Å². The van der Waals surface area contributed by atoms with Gasteiger partial charge < -0.3 is 19.5 Å². The minimum absolute atomic E-state index is 0.256. The monoisotopic (exact) mass is 351 g/mol. The number of nitrogens with one attached hydrogen (secondary N) is 1. The van der Waals surface area contributed by atoms with Crippen LogP contribution in [0.25, 0.3) is 0 Å². The van der Waals surface area contributed by atoms with E-state index in [4.69, 9.17) is 14.2 Å². The first kappa shape index (κ1) is 21.0. The van der Waals surface area contributed by atoms with Crippen LogP contribution in [0.2, 0.25) is 0 Å². The third-order valence-electron chi connectivity index (χ3n) is 3.81. The highest BCUT2D eigenvalue weighted by Crippen LogP contribution is 2.26. The Hall–Kier alpha value is -2.08. The highest BCUT2D eigenvalue weighted by molar-refractivity contribution is 5.99. The zero-order valence-corrected chi connectivity index (χ0v) is 15.8. The molecule has 6 heteroatoms. The summed E-state index contributed by atoms with van der Waals surface area (Å²) in [5.74, 6) is -0.289. The molecular formula is C19H29NO5. The summed E-state index contributed by atoms with van der Waals surface area (Å²) < 4.78 is 16.3. The van der Waals surface area contributed by atoms with E-state index in [0.29, 0.717) is 36.6 Å². The first-order valence-electron chi connectivity index (χ1n) is 8.81. The van der Waals surface area contributed by atoms with Crippen LogP contribution in [-0.4, -0.2) is 37.3 Å². The minimum atomic E-state index is -0.920. The zero-order chi connectivity index (χ0) is 18.9. The van der Waals surface area contributed by atoms with Gasteiger partial charge in [-0.2, -0.15) is 0 Å². The Labute approximate surface area is 149 Å². The van der Waals surface area contributed by atoms with Crippen molar-refractivity contribution in [1.29, 1.82) is 0 Å². The Balaban J connectivity index is 3.06. The van der Waals surface area contributed by atoms with Crippen LogP contribution in [0.1, 0.15) is 57.8 Å². The fourth-order valence-electron chi connectivity index (χ4n) is 2.22. The summed E-state index contributed by atoms with van der Waals surface area (Å²) in [6.45, 7) is 10.4. The number of benzene rings is 1. The second-order valence-electron chi connectivity index (χ2n) is 5.75. The smallest absolute Gasteiger partial charge is 0.341 e. The Morgan fingerprint density at radius 1 is 1.12 bits per heavy atom. The van der Waals surface area contributed by atoms with Gasteiger partial charge in [0.25, 0.3) is 5.91 Å². The van der Waals surface area contributed by atoms with Gasteiger partial charge in [0.2, 0.25) is 0 Å². The molecule has 0 saturated carbocycles. The summed E-state index contributed by atoms with van der Waals surface area (Å²) in [4.78, 5) is 24.7. The van der Waals surface area contributed by atoms with E-state index >= 15 is 0 Å². The van der Waals surface area contributed by atoms with E-state index in [0.717, 1.165) is 6.42 Å². The van der Waals surface area contributed by atoms with Crippen molar-refractivity contribution >= 4 is 17.6 Å². The molecular weight excluding hydrogens is 322 g/mol. The third kappa shape index (κ3) is 5.74. The molecule has 1 rings (SSSR count). The lowest BCUT2D eigenvalue weighted by atomic mass is 10.0. The molecule has 0 aliphatic rings. The second-order valence-corrected chi connectivity index (χ2v) is 5.75. The van der Waals surface area contributed by atoms with Gasteiger partial charge in [0, 0.05) is 12.3 Å². The fourth-order valence-corrected chi connectivity index (χ4v) is 2.22. The highest BCUT2D eigenvalue weighted by atomic mass is 16.5. The van der Waals surface area contributed by atoms with Gasteiger partial charge in [0.15, 0.2) is 0 Å². The molecule has 0 bridgehead atoms. The van der Waals surface area contributed by atoms with Gasteiger partial charge in [0.05, 0.1) is 13.2 Å². The van der Waals surface area contributed by atoms with Gasteiger partial charge in [-0.15, -0.1) is 0 Å². The van der Waals surface area contributed by atoms with Gasteiger partial charge in [-0.3, -0.25) is 4.79 Å². The molecule has 1 aromatic rings. The van der Waals surface area contributed by atoms with Crippen LogP contribution >= 0.6 is 0 Å². The molecule has 6 nitrogen and oxygen atoms in total. The number of esters is 1. The number of rotatable bonds is 10. The maximum atomic E-state index is 12.5. The molecule has 0 spiro atoms. The van der Waals surface area contributed by atoms with Crippen molar-refractivity contribution in [1.82, 2.24) is 0 Å². The van der Waals surface area contributed by atoms with Gasteiger partial charge in [-0.25, -0.2) is 4.79 Å². The van der Waals surface area contributed by atoms with E-state index in [1.54, 1.807) is 32.0 Å². The first-order valence-corrected chi connectivity index (χ1v) is 8.81. The number of carbonyl (C=O) groups excluding carboxylic acids is 2. The molecule has 0 unspecified atom stereocenters. The van der Waals surface area contributed by atoms with E-state index in [-0.39, 0.29) is 12.5 Å². The van der Waals surface area contributed by atoms with E-state index in [2.05, 4.69) is 5.32 Å². The fraction of sp³-hybridized carbons (Fsp3) is 0.579. The topological polar surface area (TPSA) is 73.9 Å². The van der Waals surface area contributed by atoms with Gasteiger partial charge in [0.1, 0.15) is 16.9 Å². The lowest BCUT2D eigenvalue weighted by Gasteiger charge is -2.27. The molecule has 0 aliphatic heterocycles. The molecule has 140 valence electrons. The molecule has 1 amide bonds. The summed E-state index contributed by atoms with van der Waals surface area (Å²) >= 11 is 0.